The average molecular weight is 280 g/mol. The van der Waals surface area contributed by atoms with Crippen molar-refractivity contribution in [1.82, 2.24) is 5.32 Å². The molecule has 0 radical (unpaired) electrons. The Balaban J connectivity index is 1.91. The molecule has 3 N–H and O–H groups in total. The van der Waals surface area contributed by atoms with Crippen LogP contribution in [0.1, 0.15) is 29.5 Å². The van der Waals surface area contributed by atoms with Gasteiger partial charge in [-0.15, -0.1) is 0 Å². The number of aryl methyl sites for hydroxylation is 2. The molecule has 1 fully saturated rings. The van der Waals surface area contributed by atoms with Crippen molar-refractivity contribution in [3.05, 3.63) is 34.6 Å². The number of hydrogen-bond acceptors (Lipinski definition) is 3. The largest absolute Gasteiger partial charge is 0.364 e. The zero-order valence-electron chi connectivity index (χ0n) is 11.9. The van der Waals surface area contributed by atoms with Crippen LogP contribution in [0.3, 0.4) is 0 Å². The van der Waals surface area contributed by atoms with Gasteiger partial charge in [-0.3, -0.25) is 4.79 Å². The van der Waals surface area contributed by atoms with E-state index in [1.807, 2.05) is 0 Å². The van der Waals surface area contributed by atoms with Gasteiger partial charge in [0, 0.05) is 13.1 Å². The van der Waals surface area contributed by atoms with Crippen LogP contribution in [0.2, 0.25) is 0 Å². The molecule has 1 aromatic rings. The highest BCUT2D eigenvalue weighted by Gasteiger charge is 2.29. The molecular weight excluding hydrogens is 259 g/mol. The summed E-state index contributed by atoms with van der Waals surface area (Å²) in [6, 6.07) is 3.50. The van der Waals surface area contributed by atoms with Gasteiger partial charge in [0.2, 0.25) is 5.91 Å². The van der Waals surface area contributed by atoms with Crippen molar-refractivity contribution in [1.29, 1.82) is 0 Å². The van der Waals surface area contributed by atoms with Crippen LogP contribution in [0.5, 0.6) is 0 Å². The van der Waals surface area contributed by atoms with Gasteiger partial charge >= 0.3 is 0 Å². The third kappa shape index (κ3) is 3.35. The van der Waals surface area contributed by atoms with Gasteiger partial charge in [-0.25, -0.2) is 4.39 Å². The molecule has 0 aliphatic carbocycles. The highest BCUT2D eigenvalue weighted by atomic mass is 19.1. The first-order valence-corrected chi connectivity index (χ1v) is 6.90. The summed E-state index contributed by atoms with van der Waals surface area (Å²) in [5, 5.41) is 2.83. The van der Waals surface area contributed by atoms with Crippen LogP contribution >= 0.6 is 0 Å². The molecule has 4 nitrogen and oxygen atoms in total. The Morgan fingerprint density at radius 1 is 1.40 bits per heavy atom. The zero-order chi connectivity index (χ0) is 14.7. The fourth-order valence-corrected chi connectivity index (χ4v) is 2.51. The lowest BCUT2D eigenvalue weighted by Crippen LogP contribution is -2.35. The van der Waals surface area contributed by atoms with Gasteiger partial charge in [0.1, 0.15) is 11.9 Å². The second-order valence-electron chi connectivity index (χ2n) is 5.32. The minimum absolute atomic E-state index is 0.0129. The first-order chi connectivity index (χ1) is 9.51. The summed E-state index contributed by atoms with van der Waals surface area (Å²) < 4.78 is 19.0. The summed E-state index contributed by atoms with van der Waals surface area (Å²) in [6.07, 6.45) is 1.10. The number of hydrogen-bond donors (Lipinski definition) is 2. The van der Waals surface area contributed by atoms with E-state index in [2.05, 4.69) is 5.32 Å². The summed E-state index contributed by atoms with van der Waals surface area (Å²) in [6.45, 7) is 4.27. The van der Waals surface area contributed by atoms with Gasteiger partial charge < -0.3 is 15.8 Å². The fraction of sp³-hybridized carbons (Fsp3) is 0.533. The molecule has 1 aliphatic rings. The van der Waals surface area contributed by atoms with Crippen LogP contribution in [0, 0.1) is 19.7 Å². The minimum Gasteiger partial charge on any atom is -0.364 e. The van der Waals surface area contributed by atoms with Crippen molar-refractivity contribution in [3.8, 4) is 0 Å². The van der Waals surface area contributed by atoms with Crippen molar-refractivity contribution in [3.63, 3.8) is 0 Å². The number of amides is 1. The van der Waals surface area contributed by atoms with E-state index in [-0.39, 0.29) is 17.8 Å². The second-order valence-corrected chi connectivity index (χ2v) is 5.32. The minimum atomic E-state index is -0.411. The lowest BCUT2D eigenvalue weighted by atomic mass is 10.1. The molecule has 0 spiro atoms. The van der Waals surface area contributed by atoms with E-state index in [4.69, 9.17) is 10.5 Å². The monoisotopic (exact) mass is 280 g/mol. The highest BCUT2D eigenvalue weighted by Crippen LogP contribution is 2.19. The quantitative estimate of drug-likeness (QED) is 0.880. The number of halogens is 1. The van der Waals surface area contributed by atoms with Crippen LogP contribution in [-0.4, -0.2) is 24.7 Å². The summed E-state index contributed by atoms with van der Waals surface area (Å²) in [4.78, 5) is 12.0. The molecule has 1 heterocycles. The van der Waals surface area contributed by atoms with E-state index in [1.165, 1.54) is 0 Å². The molecule has 1 aromatic carbocycles. The van der Waals surface area contributed by atoms with Gasteiger partial charge in [0.25, 0.3) is 0 Å². The number of nitrogens with one attached hydrogen (secondary N) is 1. The first-order valence-electron chi connectivity index (χ1n) is 6.90. The lowest BCUT2D eigenvalue weighted by molar-refractivity contribution is -0.132. The van der Waals surface area contributed by atoms with Crippen molar-refractivity contribution in [2.45, 2.75) is 45.4 Å². The first kappa shape index (κ1) is 14.9. The molecule has 1 aliphatic heterocycles. The number of ether oxygens (including phenoxy) is 1. The maximum absolute atomic E-state index is 13.5. The van der Waals surface area contributed by atoms with Crippen LogP contribution in [0.4, 0.5) is 4.39 Å². The van der Waals surface area contributed by atoms with Crippen molar-refractivity contribution in [2.75, 3.05) is 6.54 Å². The molecule has 5 heteroatoms. The lowest BCUT2D eigenvalue weighted by Gasteiger charge is -2.13. The number of benzene rings is 1. The van der Waals surface area contributed by atoms with Gasteiger partial charge in [-0.05, 0) is 43.4 Å². The predicted octanol–water partition coefficient (Wildman–Crippen LogP) is 1.57. The summed E-state index contributed by atoms with van der Waals surface area (Å²) in [5.74, 6) is -0.314. The number of rotatable bonds is 4. The molecule has 2 rings (SSSR count). The van der Waals surface area contributed by atoms with Gasteiger partial charge in [-0.1, -0.05) is 12.1 Å². The van der Waals surface area contributed by atoms with Crippen LogP contribution in [0.15, 0.2) is 12.1 Å². The van der Waals surface area contributed by atoms with Crippen molar-refractivity contribution >= 4 is 5.91 Å². The standard InChI is InChI=1S/C15H21FN2O2/c1-9-5-11(6-10(2)14(9)16)8-18-15(19)13-4-3-12(7-17)20-13/h5-6,12-13H,3-4,7-8,17H2,1-2H3,(H,18,19). The van der Waals surface area contributed by atoms with E-state index in [1.54, 1.807) is 26.0 Å². The van der Waals surface area contributed by atoms with Crippen LogP contribution < -0.4 is 11.1 Å². The molecule has 2 atom stereocenters. The Kier molecular flexibility index (Phi) is 4.73. The number of carbonyl (C=O) groups is 1. The topological polar surface area (TPSA) is 64.4 Å². The average Bonchev–Trinajstić information content (AvgIpc) is 2.91. The molecule has 1 amide bonds. The Morgan fingerprint density at radius 2 is 2.05 bits per heavy atom. The van der Waals surface area contributed by atoms with Crippen LogP contribution in [0.25, 0.3) is 0 Å². The van der Waals surface area contributed by atoms with E-state index < -0.39 is 6.10 Å². The van der Waals surface area contributed by atoms with Crippen LogP contribution in [-0.2, 0) is 16.1 Å². The smallest absolute Gasteiger partial charge is 0.249 e. The second kappa shape index (κ2) is 6.33. The molecule has 110 valence electrons. The molecular formula is C15H21FN2O2. The summed E-state index contributed by atoms with van der Waals surface area (Å²) in [7, 11) is 0. The van der Waals surface area contributed by atoms with E-state index in [9.17, 15) is 9.18 Å². The Hall–Kier alpha value is -1.46. The third-order valence-corrected chi connectivity index (χ3v) is 3.63. The molecule has 2 unspecified atom stereocenters. The highest BCUT2D eigenvalue weighted by molar-refractivity contribution is 5.81. The molecule has 20 heavy (non-hydrogen) atoms. The van der Waals surface area contributed by atoms with E-state index in [0.29, 0.717) is 30.6 Å². The Labute approximate surface area is 118 Å². The Morgan fingerprint density at radius 3 is 2.60 bits per heavy atom. The van der Waals surface area contributed by atoms with Gasteiger partial charge in [0.15, 0.2) is 0 Å². The maximum atomic E-state index is 13.5. The van der Waals surface area contributed by atoms with E-state index >= 15 is 0 Å². The molecule has 1 saturated heterocycles. The number of nitrogens with two attached hydrogens (primary N) is 1. The fourth-order valence-electron chi connectivity index (χ4n) is 2.51. The zero-order valence-corrected chi connectivity index (χ0v) is 11.9. The van der Waals surface area contributed by atoms with Crippen molar-refractivity contribution < 1.29 is 13.9 Å². The number of carbonyl (C=O) groups excluding carboxylic acids is 1. The van der Waals surface area contributed by atoms with Gasteiger partial charge in [-0.2, -0.15) is 0 Å². The SMILES string of the molecule is Cc1cc(CNC(=O)C2CCC(CN)O2)cc(C)c1F. The molecule has 0 aromatic heterocycles. The Bertz CT molecular complexity index is 482. The summed E-state index contributed by atoms with van der Waals surface area (Å²) in [5.41, 5.74) is 7.59. The van der Waals surface area contributed by atoms with E-state index in [0.717, 1.165) is 12.0 Å². The molecule has 0 bridgehead atoms. The van der Waals surface area contributed by atoms with Gasteiger partial charge in [0.05, 0.1) is 6.10 Å². The normalized spacial score (nSPS) is 22.0. The third-order valence-electron chi connectivity index (χ3n) is 3.63. The predicted molar refractivity (Wildman–Crippen MR) is 74.7 cm³/mol. The molecule has 0 saturated carbocycles. The maximum Gasteiger partial charge on any atom is 0.249 e. The van der Waals surface area contributed by atoms with Crippen molar-refractivity contribution in [2.24, 2.45) is 5.73 Å². The summed E-state index contributed by atoms with van der Waals surface area (Å²) >= 11 is 0.